The van der Waals surface area contributed by atoms with Crippen molar-refractivity contribution in [2.75, 3.05) is 18.6 Å². The molecule has 0 fully saturated rings. The number of nitrogens with one attached hydrogen (secondary N) is 4. The van der Waals surface area contributed by atoms with Gasteiger partial charge in [0, 0.05) is 17.1 Å². The van der Waals surface area contributed by atoms with Crippen molar-refractivity contribution in [3.63, 3.8) is 0 Å². The zero-order valence-electron chi connectivity index (χ0n) is 23.6. The van der Waals surface area contributed by atoms with Gasteiger partial charge in [0.15, 0.2) is 0 Å². The lowest BCUT2D eigenvalue weighted by atomic mass is 9.98. The second-order valence-electron chi connectivity index (χ2n) is 10.1. The third kappa shape index (κ3) is 9.83. The second-order valence-corrected chi connectivity index (χ2v) is 11.1. The van der Waals surface area contributed by atoms with Crippen LogP contribution < -0.4 is 27.4 Å². The topological polar surface area (TPSA) is 192 Å². The fourth-order valence-corrected chi connectivity index (χ4v) is 4.86. The maximum Gasteiger partial charge on any atom is 0.326 e. The first-order valence-corrected chi connectivity index (χ1v) is 15.2. The number of carbonyl (C=O) groups is 4. The van der Waals surface area contributed by atoms with E-state index in [1.165, 1.54) is 11.8 Å². The number of amides is 3. The van der Waals surface area contributed by atoms with Crippen molar-refractivity contribution in [1.82, 2.24) is 20.9 Å². The summed E-state index contributed by atoms with van der Waals surface area (Å²) in [5, 5.41) is 18.7. The molecule has 0 spiro atoms. The minimum Gasteiger partial charge on any atom is -0.480 e. The minimum absolute atomic E-state index is 0.281. The lowest BCUT2D eigenvalue weighted by Crippen LogP contribution is -2.58. The number of aliphatic carboxylic acids is 1. The first-order chi connectivity index (χ1) is 19.1. The molecule has 1 aromatic carbocycles. The number of aromatic amines is 1. The molecule has 2 aromatic rings. The molecule has 1 aromatic heterocycles. The normalized spacial score (nSPS) is 15.0. The number of nitrogens with two attached hydrogens (primary N) is 2. The lowest BCUT2D eigenvalue weighted by molar-refractivity contribution is -0.144. The molecule has 0 radical (unpaired) electrons. The van der Waals surface area contributed by atoms with E-state index in [0.29, 0.717) is 38.0 Å². The van der Waals surface area contributed by atoms with Gasteiger partial charge in [-0.1, -0.05) is 38.5 Å². The molecule has 1 heterocycles. The summed E-state index contributed by atoms with van der Waals surface area (Å²) in [4.78, 5) is 54.5. The smallest absolute Gasteiger partial charge is 0.326 e. The average Bonchev–Trinajstić information content (AvgIpc) is 3.35. The molecule has 0 aliphatic heterocycles. The van der Waals surface area contributed by atoms with E-state index in [1.807, 2.05) is 43.6 Å². The number of aromatic nitrogens is 1. The minimum atomic E-state index is -1.14. The zero-order valence-corrected chi connectivity index (χ0v) is 24.4. The lowest BCUT2D eigenvalue weighted by Gasteiger charge is -2.26. The van der Waals surface area contributed by atoms with Crippen LogP contribution in [0.1, 0.15) is 51.5 Å². The number of fused-ring (bicyclic) bond motifs is 1. The standard InChI is InChI=1S/C28H44N6O5S/c1-4-17(2)24(28(38)39)34-27(37)22(11-7-8-13-29)33-26(36)23(12-14-40-3)32-25(35)20(30)15-18-16-31-21-10-6-5-9-19(18)21/h5-6,9-10,16-17,20,22-24,31H,4,7-8,11-15,29-30H2,1-3H3,(H,32,35)(H,33,36)(H,34,37)(H,38,39). The molecule has 0 aliphatic rings. The summed E-state index contributed by atoms with van der Waals surface area (Å²) in [6.45, 7) is 4.01. The van der Waals surface area contributed by atoms with Crippen LogP contribution in [0, 0.1) is 5.92 Å². The summed E-state index contributed by atoms with van der Waals surface area (Å²) in [5.41, 5.74) is 13.7. The van der Waals surface area contributed by atoms with Crippen molar-refractivity contribution in [1.29, 1.82) is 0 Å². The van der Waals surface area contributed by atoms with Crippen LogP contribution in [0.3, 0.4) is 0 Å². The number of hydrogen-bond donors (Lipinski definition) is 7. The van der Waals surface area contributed by atoms with Crippen LogP contribution >= 0.6 is 11.8 Å². The number of H-pyrrole nitrogens is 1. The van der Waals surface area contributed by atoms with E-state index in [2.05, 4.69) is 20.9 Å². The van der Waals surface area contributed by atoms with Gasteiger partial charge in [0.1, 0.15) is 18.1 Å². The van der Waals surface area contributed by atoms with Gasteiger partial charge < -0.3 is 37.5 Å². The molecule has 9 N–H and O–H groups in total. The maximum atomic E-state index is 13.4. The van der Waals surface area contributed by atoms with Crippen molar-refractivity contribution in [3.05, 3.63) is 36.0 Å². The molecular formula is C28H44N6O5S. The third-order valence-corrected chi connectivity index (χ3v) is 7.70. The molecule has 3 amide bonds. The monoisotopic (exact) mass is 576 g/mol. The number of carbonyl (C=O) groups excluding carboxylic acids is 3. The van der Waals surface area contributed by atoms with Crippen LogP contribution in [-0.4, -0.2) is 76.5 Å². The fourth-order valence-electron chi connectivity index (χ4n) is 4.38. The Hall–Kier alpha value is -3.09. The number of para-hydroxylation sites is 1. The van der Waals surface area contributed by atoms with Crippen molar-refractivity contribution < 1.29 is 24.3 Å². The predicted octanol–water partition coefficient (Wildman–Crippen LogP) is 1.50. The first-order valence-electron chi connectivity index (χ1n) is 13.8. The Morgan fingerprint density at radius 1 is 1.00 bits per heavy atom. The molecule has 12 heteroatoms. The Balaban J connectivity index is 2.13. The summed E-state index contributed by atoms with van der Waals surface area (Å²) in [7, 11) is 0. The van der Waals surface area contributed by atoms with E-state index >= 15 is 0 Å². The van der Waals surface area contributed by atoms with E-state index < -0.39 is 47.9 Å². The van der Waals surface area contributed by atoms with E-state index in [4.69, 9.17) is 11.5 Å². The molecular weight excluding hydrogens is 532 g/mol. The molecule has 11 nitrogen and oxygen atoms in total. The highest BCUT2D eigenvalue weighted by molar-refractivity contribution is 7.98. The molecule has 5 unspecified atom stereocenters. The average molecular weight is 577 g/mol. The molecule has 2 rings (SSSR count). The number of carboxylic acid groups (broad SMARTS) is 1. The van der Waals surface area contributed by atoms with Crippen LogP contribution in [0.4, 0.5) is 0 Å². The highest BCUT2D eigenvalue weighted by Crippen LogP contribution is 2.19. The van der Waals surface area contributed by atoms with E-state index in [9.17, 15) is 24.3 Å². The Labute approximate surface area is 240 Å². The SMILES string of the molecule is CCC(C)C(NC(=O)C(CCCCN)NC(=O)C(CCSC)NC(=O)C(N)Cc1c[nH]c2ccccc12)C(=O)O. The van der Waals surface area contributed by atoms with Crippen molar-refractivity contribution in [2.24, 2.45) is 17.4 Å². The Morgan fingerprint density at radius 2 is 1.65 bits per heavy atom. The Morgan fingerprint density at radius 3 is 2.30 bits per heavy atom. The van der Waals surface area contributed by atoms with Crippen LogP contribution in [0.5, 0.6) is 0 Å². The van der Waals surface area contributed by atoms with E-state index in [1.54, 1.807) is 6.92 Å². The number of benzene rings is 1. The first kappa shape index (κ1) is 33.1. The quantitative estimate of drug-likeness (QED) is 0.130. The predicted molar refractivity (Wildman–Crippen MR) is 159 cm³/mol. The fraction of sp³-hybridized carbons (Fsp3) is 0.571. The van der Waals surface area contributed by atoms with Crippen LogP contribution in [-0.2, 0) is 25.6 Å². The number of rotatable bonds is 18. The van der Waals surface area contributed by atoms with Gasteiger partial charge in [-0.2, -0.15) is 11.8 Å². The molecule has 0 saturated carbocycles. The zero-order chi connectivity index (χ0) is 29.7. The van der Waals surface area contributed by atoms with Gasteiger partial charge in [-0.15, -0.1) is 0 Å². The van der Waals surface area contributed by atoms with Gasteiger partial charge in [0.2, 0.25) is 17.7 Å². The van der Waals surface area contributed by atoms with Crippen molar-refractivity contribution in [3.8, 4) is 0 Å². The van der Waals surface area contributed by atoms with Crippen LogP contribution in [0.25, 0.3) is 10.9 Å². The second kappa shape index (κ2) is 16.9. The molecule has 222 valence electrons. The molecule has 5 atom stereocenters. The largest absolute Gasteiger partial charge is 0.480 e. The summed E-state index contributed by atoms with van der Waals surface area (Å²) in [5.74, 6) is -2.42. The number of thioether (sulfide) groups is 1. The number of hydrogen-bond acceptors (Lipinski definition) is 7. The maximum absolute atomic E-state index is 13.4. The number of unbranched alkanes of at least 4 members (excludes halogenated alkanes) is 1. The van der Waals surface area contributed by atoms with Gasteiger partial charge in [-0.05, 0) is 68.2 Å². The molecule has 0 saturated heterocycles. The van der Waals surface area contributed by atoms with Gasteiger partial charge in [0.05, 0.1) is 6.04 Å². The molecule has 0 aliphatic carbocycles. The Kier molecular flexibility index (Phi) is 14.0. The van der Waals surface area contributed by atoms with Gasteiger partial charge >= 0.3 is 5.97 Å². The summed E-state index contributed by atoms with van der Waals surface area (Å²) < 4.78 is 0. The summed E-state index contributed by atoms with van der Waals surface area (Å²) >= 11 is 1.52. The molecule has 40 heavy (non-hydrogen) atoms. The third-order valence-electron chi connectivity index (χ3n) is 7.05. The van der Waals surface area contributed by atoms with Gasteiger partial charge in [-0.25, -0.2) is 4.79 Å². The van der Waals surface area contributed by atoms with Crippen molar-refractivity contribution >= 4 is 46.4 Å². The van der Waals surface area contributed by atoms with Gasteiger partial charge in [0.25, 0.3) is 0 Å². The Bertz CT molecular complexity index is 1130. The summed E-state index contributed by atoms with van der Waals surface area (Å²) in [6.07, 6.45) is 6.38. The highest BCUT2D eigenvalue weighted by Gasteiger charge is 2.31. The van der Waals surface area contributed by atoms with E-state index in [-0.39, 0.29) is 18.8 Å². The van der Waals surface area contributed by atoms with E-state index in [0.717, 1.165) is 16.5 Å². The highest BCUT2D eigenvalue weighted by atomic mass is 32.2. The van der Waals surface area contributed by atoms with Crippen LogP contribution in [0.15, 0.2) is 30.5 Å². The van der Waals surface area contributed by atoms with Crippen LogP contribution in [0.2, 0.25) is 0 Å². The number of carboxylic acids is 1. The molecule has 0 bridgehead atoms. The van der Waals surface area contributed by atoms with Gasteiger partial charge in [-0.3, -0.25) is 14.4 Å². The summed E-state index contributed by atoms with van der Waals surface area (Å²) in [6, 6.07) is 3.86. The van der Waals surface area contributed by atoms with Crippen molar-refractivity contribution in [2.45, 2.75) is 76.5 Å².